The fraction of sp³-hybridized carbons (Fsp3) is 0.286. The monoisotopic (exact) mass is 382 g/mol. The lowest BCUT2D eigenvalue weighted by Gasteiger charge is -2.15. The van der Waals surface area contributed by atoms with Gasteiger partial charge in [0, 0.05) is 12.2 Å². The van der Waals surface area contributed by atoms with E-state index in [9.17, 15) is 35.6 Å². The SMILES string of the molecule is COc1c(F)c(F)cc2c(=O)c(C(=O)O)cn(C3CC3)c12.F[B-](F)(F)F. The number of benzene rings is 1. The number of aromatic nitrogens is 1. The molecule has 0 amide bonds. The Morgan fingerprint density at radius 1 is 1.27 bits per heavy atom. The summed E-state index contributed by atoms with van der Waals surface area (Å²) < 4.78 is 72.8. The van der Waals surface area contributed by atoms with Crippen molar-refractivity contribution >= 4 is 24.1 Å². The highest BCUT2D eigenvalue weighted by molar-refractivity contribution is 6.50. The Morgan fingerprint density at radius 3 is 2.23 bits per heavy atom. The Morgan fingerprint density at radius 2 is 1.81 bits per heavy atom. The summed E-state index contributed by atoms with van der Waals surface area (Å²) in [5, 5.41) is 8.89. The average molecular weight is 382 g/mol. The van der Waals surface area contributed by atoms with Gasteiger partial charge in [0.15, 0.2) is 11.6 Å². The van der Waals surface area contributed by atoms with Crippen LogP contribution in [0.4, 0.5) is 26.0 Å². The number of halogens is 6. The number of hydrogen-bond donors (Lipinski definition) is 1. The molecule has 0 spiro atoms. The Bertz CT molecular complexity index is 917. The van der Waals surface area contributed by atoms with Crippen molar-refractivity contribution in [3.63, 3.8) is 0 Å². The van der Waals surface area contributed by atoms with Gasteiger partial charge >= 0.3 is 13.2 Å². The number of nitrogens with zero attached hydrogens (tertiary/aromatic N) is 1. The third-order valence-electron chi connectivity index (χ3n) is 3.54. The molecule has 0 saturated heterocycles. The number of hydrogen-bond acceptors (Lipinski definition) is 3. The van der Waals surface area contributed by atoms with Crippen LogP contribution in [0.1, 0.15) is 29.2 Å². The Labute approximate surface area is 141 Å². The van der Waals surface area contributed by atoms with Crippen molar-refractivity contribution in [1.82, 2.24) is 4.57 Å². The lowest BCUT2D eigenvalue weighted by atomic mass is 10.1. The number of rotatable bonds is 3. The number of fused-ring (bicyclic) bond motifs is 1. The molecule has 26 heavy (non-hydrogen) atoms. The van der Waals surface area contributed by atoms with Crippen LogP contribution in [-0.2, 0) is 0 Å². The third-order valence-corrected chi connectivity index (χ3v) is 3.54. The van der Waals surface area contributed by atoms with Crippen LogP contribution in [0.3, 0.4) is 0 Å². The summed E-state index contributed by atoms with van der Waals surface area (Å²) in [5.74, 6) is -4.23. The van der Waals surface area contributed by atoms with Gasteiger partial charge < -0.3 is 31.7 Å². The van der Waals surface area contributed by atoms with Crippen molar-refractivity contribution in [3.05, 3.63) is 39.7 Å². The highest BCUT2D eigenvalue weighted by Crippen LogP contribution is 2.40. The molecule has 12 heteroatoms. The number of carboxylic acid groups (broad SMARTS) is 1. The molecular formula is C14H11BF6NO4-. The number of carbonyl (C=O) groups is 1. The lowest BCUT2D eigenvalue weighted by molar-refractivity contribution is 0.0694. The zero-order valence-electron chi connectivity index (χ0n) is 13.1. The van der Waals surface area contributed by atoms with Crippen LogP contribution >= 0.6 is 0 Å². The molecule has 1 aliphatic rings. The standard InChI is InChI=1S/C14H11F2NO4.BF4/c1-21-13-10(16)9(15)4-7-11(13)17(6-2-3-6)5-8(12(7)18)14(19)20;2-1(3,4)5/h4-6H,2-3H2,1H3,(H,19,20);/q;-1. The molecule has 0 unspecified atom stereocenters. The highest BCUT2D eigenvalue weighted by atomic mass is 19.5. The van der Waals surface area contributed by atoms with Crippen molar-refractivity contribution in [2.75, 3.05) is 7.11 Å². The first-order valence-electron chi connectivity index (χ1n) is 7.17. The maximum Gasteiger partial charge on any atom is 0.673 e. The first-order valence-corrected chi connectivity index (χ1v) is 7.17. The maximum absolute atomic E-state index is 13.9. The summed E-state index contributed by atoms with van der Waals surface area (Å²) in [4.78, 5) is 23.3. The van der Waals surface area contributed by atoms with E-state index in [4.69, 9.17) is 9.84 Å². The van der Waals surface area contributed by atoms with Crippen LogP contribution < -0.4 is 10.2 Å². The summed E-state index contributed by atoms with van der Waals surface area (Å²) >= 11 is 0. The van der Waals surface area contributed by atoms with Gasteiger partial charge in [-0.05, 0) is 18.9 Å². The Hall–Kier alpha value is -2.66. The van der Waals surface area contributed by atoms with Gasteiger partial charge in [-0.25, -0.2) is 9.18 Å². The van der Waals surface area contributed by atoms with Gasteiger partial charge in [-0.15, -0.1) is 0 Å². The number of ether oxygens (including phenoxy) is 1. The minimum absolute atomic E-state index is 0.0371. The molecule has 5 nitrogen and oxygen atoms in total. The molecule has 0 atom stereocenters. The van der Waals surface area contributed by atoms with Crippen LogP contribution in [0.5, 0.6) is 5.75 Å². The number of carboxylic acids is 1. The van der Waals surface area contributed by atoms with E-state index >= 15 is 0 Å². The smallest absolute Gasteiger partial charge is 0.491 e. The van der Waals surface area contributed by atoms with Gasteiger partial charge in [0.05, 0.1) is 18.0 Å². The van der Waals surface area contributed by atoms with Crippen molar-refractivity contribution < 1.29 is 40.7 Å². The second-order valence-corrected chi connectivity index (χ2v) is 5.41. The first-order chi connectivity index (χ1) is 12.0. The first kappa shape index (κ1) is 19.7. The van der Waals surface area contributed by atoms with E-state index < -0.39 is 35.9 Å². The number of aromatic carboxylic acids is 1. The van der Waals surface area contributed by atoms with Gasteiger partial charge in [0.1, 0.15) is 5.56 Å². The maximum atomic E-state index is 13.9. The lowest BCUT2D eigenvalue weighted by Crippen LogP contribution is -2.19. The summed E-state index contributed by atoms with van der Waals surface area (Å²) in [6.45, 7) is 0. The molecule has 3 rings (SSSR count). The summed E-state index contributed by atoms with van der Waals surface area (Å²) in [6.07, 6.45) is 2.73. The quantitative estimate of drug-likeness (QED) is 0.651. The van der Waals surface area contributed by atoms with Crippen molar-refractivity contribution in [2.45, 2.75) is 18.9 Å². The fourth-order valence-electron chi connectivity index (χ4n) is 2.41. The van der Waals surface area contributed by atoms with Gasteiger partial charge in [-0.1, -0.05) is 0 Å². The average Bonchev–Trinajstić information content (AvgIpc) is 3.32. The van der Waals surface area contributed by atoms with Crippen molar-refractivity contribution in [1.29, 1.82) is 0 Å². The molecule has 0 bridgehead atoms. The van der Waals surface area contributed by atoms with E-state index in [2.05, 4.69) is 0 Å². The van der Waals surface area contributed by atoms with Crippen molar-refractivity contribution in [2.24, 2.45) is 0 Å². The van der Waals surface area contributed by atoms with E-state index in [1.54, 1.807) is 0 Å². The van der Waals surface area contributed by atoms with E-state index in [-0.39, 0.29) is 22.7 Å². The van der Waals surface area contributed by atoms with Crippen molar-refractivity contribution in [3.8, 4) is 5.75 Å². The van der Waals surface area contributed by atoms with Gasteiger partial charge in [-0.3, -0.25) is 4.79 Å². The van der Waals surface area contributed by atoms with Gasteiger partial charge in [-0.2, -0.15) is 4.39 Å². The van der Waals surface area contributed by atoms with Gasteiger partial charge in [0.25, 0.3) is 0 Å². The number of pyridine rings is 1. The fourth-order valence-corrected chi connectivity index (χ4v) is 2.41. The zero-order valence-corrected chi connectivity index (χ0v) is 13.1. The van der Waals surface area contributed by atoms with E-state index in [0.29, 0.717) is 0 Å². The molecule has 142 valence electrons. The normalized spacial score (nSPS) is 14.0. The summed E-state index contributed by atoms with van der Waals surface area (Å²) in [7, 11) is -4.83. The third kappa shape index (κ3) is 4.11. The van der Waals surface area contributed by atoms with Crippen LogP contribution in [0.15, 0.2) is 17.1 Å². The molecule has 0 radical (unpaired) electrons. The van der Waals surface area contributed by atoms with Gasteiger partial charge in [0.2, 0.25) is 11.2 Å². The second-order valence-electron chi connectivity index (χ2n) is 5.41. The zero-order chi connectivity index (χ0) is 19.8. The van der Waals surface area contributed by atoms with Crippen LogP contribution in [-0.4, -0.2) is 30.0 Å². The molecule has 1 saturated carbocycles. The topological polar surface area (TPSA) is 68.5 Å². The van der Waals surface area contributed by atoms with Crippen LogP contribution in [0.2, 0.25) is 0 Å². The molecule has 0 aliphatic heterocycles. The molecule has 1 heterocycles. The largest absolute Gasteiger partial charge is 0.673 e. The summed E-state index contributed by atoms with van der Waals surface area (Å²) in [5.41, 5.74) is -1.23. The predicted octanol–water partition coefficient (Wildman–Crippen LogP) is 3.62. The molecule has 1 aromatic carbocycles. The minimum Gasteiger partial charge on any atom is -0.491 e. The summed E-state index contributed by atoms with van der Waals surface area (Å²) in [6, 6.07) is 0.686. The Kier molecular flexibility index (Phi) is 5.24. The molecule has 1 aromatic heterocycles. The van der Waals surface area contributed by atoms with Crippen LogP contribution in [0, 0.1) is 11.6 Å². The number of methoxy groups -OCH3 is 1. The molecular weight excluding hydrogens is 371 g/mol. The molecule has 1 aliphatic carbocycles. The highest BCUT2D eigenvalue weighted by Gasteiger charge is 2.30. The predicted molar refractivity (Wildman–Crippen MR) is 80.1 cm³/mol. The molecule has 1 fully saturated rings. The van der Waals surface area contributed by atoms with E-state index in [0.717, 1.165) is 18.9 Å². The minimum atomic E-state index is -6.00. The molecule has 1 N–H and O–H groups in total. The van der Waals surface area contributed by atoms with E-state index in [1.807, 2.05) is 0 Å². The molecule has 2 aromatic rings. The van der Waals surface area contributed by atoms with Crippen LogP contribution in [0.25, 0.3) is 10.9 Å². The Balaban J connectivity index is 0.000000431. The van der Waals surface area contributed by atoms with E-state index in [1.165, 1.54) is 17.9 Å². The second kappa shape index (κ2) is 6.92.